The smallest absolute Gasteiger partial charge is 0.324 e. The highest BCUT2D eigenvalue weighted by Gasteiger charge is 2.34. The first-order valence-electron chi connectivity index (χ1n) is 11.5. The third-order valence-electron chi connectivity index (χ3n) is 6.41. The molecule has 0 saturated carbocycles. The number of nitrogens with zero attached hydrogens (tertiary/aromatic N) is 5. The number of anilines is 2. The predicted octanol–water partition coefficient (Wildman–Crippen LogP) is 3.93. The molecule has 0 N–H and O–H groups in total. The zero-order chi connectivity index (χ0) is 25.9. The predicted molar refractivity (Wildman–Crippen MR) is 136 cm³/mol. The maximum absolute atomic E-state index is 13.6. The van der Waals surface area contributed by atoms with Gasteiger partial charge in [0.2, 0.25) is 10.3 Å². The summed E-state index contributed by atoms with van der Waals surface area (Å²) in [6.45, 7) is 5.73. The van der Waals surface area contributed by atoms with Crippen molar-refractivity contribution in [2.45, 2.75) is 43.1 Å². The number of pyridine rings is 1. The van der Waals surface area contributed by atoms with Crippen LogP contribution < -0.4 is 9.37 Å². The van der Waals surface area contributed by atoms with Gasteiger partial charge in [0, 0.05) is 32.2 Å². The van der Waals surface area contributed by atoms with Crippen molar-refractivity contribution in [1.82, 2.24) is 14.9 Å². The summed E-state index contributed by atoms with van der Waals surface area (Å²) in [5, 5.41) is 0.710. The number of hydrogen-bond acceptors (Lipinski definition) is 9. The molecule has 192 valence electrons. The van der Waals surface area contributed by atoms with E-state index in [1.54, 1.807) is 6.92 Å². The lowest BCUT2D eigenvalue weighted by molar-refractivity contribution is -0.128. The quantitative estimate of drug-likeness (QED) is 0.232. The largest absolute Gasteiger partial charge is 0.362 e. The number of thiazole rings is 1. The number of benzene rings is 1. The van der Waals surface area contributed by atoms with Crippen LogP contribution in [0.2, 0.25) is 0 Å². The molecule has 1 atom stereocenters. The number of likely N-dealkylation sites (tertiary alicyclic amines) is 1. The molecule has 36 heavy (non-hydrogen) atoms. The standard InChI is InChI=1S/C24H28FN5O4S2/c1-17-23(28(3)20-12-14-29(15-13-20)18(2)19-8-5-4-6-9-19)35-24(26-17)36(32,33)30(34-16-31)22-11-7-10-21(25)27-22/h4-11,16,18,20H,12-15H2,1-3H3/t18-/m1/s1. The highest BCUT2D eigenvalue weighted by atomic mass is 32.2. The van der Waals surface area contributed by atoms with Crippen molar-refractivity contribution in [3.05, 3.63) is 65.7 Å². The number of aryl methyl sites for hydroxylation is 1. The van der Waals surface area contributed by atoms with Gasteiger partial charge in [-0.05, 0) is 44.4 Å². The lowest BCUT2D eigenvalue weighted by atomic mass is 9.99. The summed E-state index contributed by atoms with van der Waals surface area (Å²) in [7, 11) is -2.49. The zero-order valence-corrected chi connectivity index (χ0v) is 21.9. The highest BCUT2D eigenvalue weighted by Crippen LogP contribution is 2.36. The Balaban J connectivity index is 1.50. The molecule has 0 spiro atoms. The van der Waals surface area contributed by atoms with Crippen molar-refractivity contribution in [1.29, 1.82) is 0 Å². The molecule has 3 aromatic rings. The van der Waals surface area contributed by atoms with Gasteiger partial charge in [0.1, 0.15) is 5.00 Å². The third-order valence-corrected chi connectivity index (χ3v) is 9.58. The summed E-state index contributed by atoms with van der Waals surface area (Å²) in [5.41, 5.74) is 1.83. The first-order valence-corrected chi connectivity index (χ1v) is 13.8. The first-order chi connectivity index (χ1) is 17.2. The van der Waals surface area contributed by atoms with E-state index in [1.165, 1.54) is 17.7 Å². The van der Waals surface area contributed by atoms with Crippen LogP contribution in [-0.2, 0) is 19.7 Å². The van der Waals surface area contributed by atoms with E-state index in [4.69, 9.17) is 0 Å². The molecule has 0 radical (unpaired) electrons. The summed E-state index contributed by atoms with van der Waals surface area (Å²) in [5.74, 6) is -1.30. The van der Waals surface area contributed by atoms with Crippen molar-refractivity contribution in [2.24, 2.45) is 0 Å². The van der Waals surface area contributed by atoms with Crippen LogP contribution in [0.1, 0.15) is 37.1 Å². The molecular weight excluding hydrogens is 505 g/mol. The number of hydrogen-bond donors (Lipinski definition) is 0. The molecule has 0 bridgehead atoms. The van der Waals surface area contributed by atoms with Gasteiger partial charge >= 0.3 is 16.5 Å². The zero-order valence-electron chi connectivity index (χ0n) is 20.2. The lowest BCUT2D eigenvalue weighted by Gasteiger charge is -2.40. The molecule has 4 rings (SSSR count). The molecule has 1 fully saturated rings. The number of piperidine rings is 1. The van der Waals surface area contributed by atoms with Crippen LogP contribution in [0, 0.1) is 12.9 Å². The Morgan fingerprint density at radius 3 is 2.47 bits per heavy atom. The summed E-state index contributed by atoms with van der Waals surface area (Å²) >= 11 is 0.979. The minimum atomic E-state index is -4.43. The molecule has 12 heteroatoms. The Morgan fingerprint density at radius 1 is 1.14 bits per heavy atom. The summed E-state index contributed by atoms with van der Waals surface area (Å²) in [6.07, 6.45) is 1.83. The maximum atomic E-state index is 13.6. The molecule has 0 aliphatic carbocycles. The lowest BCUT2D eigenvalue weighted by Crippen LogP contribution is -2.44. The van der Waals surface area contributed by atoms with Gasteiger partial charge in [-0.2, -0.15) is 17.8 Å². The number of carbonyl (C=O) groups is 1. The van der Waals surface area contributed by atoms with Gasteiger partial charge in [-0.25, -0.2) is 4.98 Å². The van der Waals surface area contributed by atoms with Crippen LogP contribution >= 0.6 is 11.3 Å². The Hall–Kier alpha value is -3.09. The molecule has 1 aliphatic heterocycles. The molecule has 0 unspecified atom stereocenters. The van der Waals surface area contributed by atoms with Gasteiger partial charge in [0.15, 0.2) is 5.82 Å². The minimum absolute atomic E-state index is 0.0537. The van der Waals surface area contributed by atoms with E-state index >= 15 is 0 Å². The van der Waals surface area contributed by atoms with Gasteiger partial charge in [-0.3, -0.25) is 9.69 Å². The summed E-state index contributed by atoms with van der Waals surface area (Å²) in [4.78, 5) is 28.0. The number of sulfonamides is 1. The van der Waals surface area contributed by atoms with E-state index in [9.17, 15) is 17.6 Å². The first kappa shape index (κ1) is 26.0. The van der Waals surface area contributed by atoms with Gasteiger partial charge in [-0.15, -0.1) is 0 Å². The van der Waals surface area contributed by atoms with Crippen LogP contribution in [0.4, 0.5) is 15.2 Å². The van der Waals surface area contributed by atoms with Crippen LogP contribution in [-0.4, -0.2) is 55.9 Å². The molecule has 2 aromatic heterocycles. The van der Waals surface area contributed by atoms with Gasteiger partial charge in [-0.1, -0.05) is 52.2 Å². The molecule has 1 aromatic carbocycles. The van der Waals surface area contributed by atoms with Crippen LogP contribution in [0.3, 0.4) is 0 Å². The molecule has 1 saturated heterocycles. The number of aromatic nitrogens is 2. The van der Waals surface area contributed by atoms with Crippen LogP contribution in [0.5, 0.6) is 0 Å². The van der Waals surface area contributed by atoms with E-state index in [0.29, 0.717) is 16.7 Å². The second-order valence-electron chi connectivity index (χ2n) is 8.59. The Bertz CT molecular complexity index is 1300. The van der Waals surface area contributed by atoms with Crippen molar-refractivity contribution in [2.75, 3.05) is 29.5 Å². The SMILES string of the molecule is Cc1nc(S(=O)(=O)N(OC=O)c2cccc(F)n2)sc1N(C)C1CCN([C@H](C)c2ccccc2)CC1. The minimum Gasteiger partial charge on any atom is -0.362 e. The average Bonchev–Trinajstić information content (AvgIpc) is 3.29. The molecule has 9 nitrogen and oxygen atoms in total. The van der Waals surface area contributed by atoms with E-state index in [0.717, 1.165) is 43.3 Å². The van der Waals surface area contributed by atoms with E-state index in [1.807, 2.05) is 13.1 Å². The fourth-order valence-electron chi connectivity index (χ4n) is 4.41. The summed E-state index contributed by atoms with van der Waals surface area (Å²) in [6, 6.07) is 14.5. The molecule has 0 amide bonds. The Morgan fingerprint density at radius 2 is 1.83 bits per heavy atom. The summed E-state index contributed by atoms with van der Waals surface area (Å²) < 4.78 is 40.1. The van der Waals surface area contributed by atoms with Crippen molar-refractivity contribution >= 4 is 38.7 Å². The fraction of sp³-hybridized carbons (Fsp3) is 0.375. The maximum Gasteiger partial charge on any atom is 0.324 e. The Labute approximate surface area is 214 Å². The molecular formula is C24H28FN5O4S2. The normalized spacial score (nSPS) is 15.9. The van der Waals surface area contributed by atoms with Crippen molar-refractivity contribution in [3.63, 3.8) is 0 Å². The van der Waals surface area contributed by atoms with E-state index in [-0.39, 0.29) is 27.1 Å². The van der Waals surface area contributed by atoms with E-state index < -0.39 is 16.0 Å². The van der Waals surface area contributed by atoms with Crippen molar-refractivity contribution < 1.29 is 22.4 Å². The number of carbonyl (C=O) groups excluding carboxylic acids is 1. The number of halogens is 1. The van der Waals surface area contributed by atoms with Gasteiger partial charge in [0.25, 0.3) is 0 Å². The monoisotopic (exact) mass is 533 g/mol. The highest BCUT2D eigenvalue weighted by molar-refractivity contribution is 7.94. The number of rotatable bonds is 9. The molecule has 1 aliphatic rings. The average molecular weight is 534 g/mol. The van der Waals surface area contributed by atoms with Crippen LogP contribution in [0.25, 0.3) is 0 Å². The topological polar surface area (TPSA) is 95.9 Å². The fourth-order valence-corrected chi connectivity index (χ4v) is 7.00. The second kappa shape index (κ2) is 10.9. The Kier molecular flexibility index (Phi) is 7.86. The van der Waals surface area contributed by atoms with Crippen molar-refractivity contribution in [3.8, 4) is 0 Å². The second-order valence-corrected chi connectivity index (χ2v) is 11.5. The van der Waals surface area contributed by atoms with Gasteiger partial charge < -0.3 is 9.74 Å². The molecule has 3 heterocycles. The van der Waals surface area contributed by atoms with E-state index in [2.05, 4.69) is 55.8 Å². The van der Waals surface area contributed by atoms with Crippen LogP contribution in [0.15, 0.2) is 52.9 Å². The third kappa shape index (κ3) is 5.35. The van der Waals surface area contributed by atoms with Gasteiger partial charge in [0.05, 0.1) is 5.69 Å².